The summed E-state index contributed by atoms with van der Waals surface area (Å²) in [6.07, 6.45) is 3.48. The summed E-state index contributed by atoms with van der Waals surface area (Å²) in [4.78, 5) is 4.43. The molecule has 0 aromatic heterocycles. The van der Waals surface area contributed by atoms with Gasteiger partial charge in [0.1, 0.15) is 0 Å². The molecule has 0 spiro atoms. The molecule has 0 radical (unpaired) electrons. The van der Waals surface area contributed by atoms with E-state index in [1.54, 1.807) is 0 Å². The molecule has 0 amide bonds. The van der Waals surface area contributed by atoms with Gasteiger partial charge in [0, 0.05) is 25.7 Å². The zero-order chi connectivity index (χ0) is 18.7. The molecule has 0 aromatic rings. The van der Waals surface area contributed by atoms with E-state index in [1.807, 2.05) is 6.92 Å². The van der Waals surface area contributed by atoms with E-state index in [0.29, 0.717) is 38.3 Å². The van der Waals surface area contributed by atoms with Gasteiger partial charge in [0.15, 0.2) is 5.96 Å². The third-order valence-corrected chi connectivity index (χ3v) is 5.98. The number of sulfonamides is 1. The average molecular weight is 504 g/mol. The molecular formula is C17H37IN4O3S. The quantitative estimate of drug-likeness (QED) is 0.270. The lowest BCUT2D eigenvalue weighted by Crippen LogP contribution is -2.44. The number of morpholine rings is 1. The molecule has 0 saturated carbocycles. The van der Waals surface area contributed by atoms with Gasteiger partial charge in [0.2, 0.25) is 10.0 Å². The Morgan fingerprint density at radius 1 is 1.19 bits per heavy atom. The summed E-state index contributed by atoms with van der Waals surface area (Å²) in [5.41, 5.74) is 0. The molecule has 0 aliphatic carbocycles. The zero-order valence-electron chi connectivity index (χ0n) is 16.7. The lowest BCUT2D eigenvalue weighted by Gasteiger charge is -2.25. The monoisotopic (exact) mass is 504 g/mol. The maximum absolute atomic E-state index is 12.3. The Morgan fingerprint density at radius 2 is 1.85 bits per heavy atom. The molecule has 1 atom stereocenters. The van der Waals surface area contributed by atoms with E-state index in [4.69, 9.17) is 4.74 Å². The summed E-state index contributed by atoms with van der Waals surface area (Å²) >= 11 is 0. The highest BCUT2D eigenvalue weighted by Gasteiger charge is 2.23. The zero-order valence-corrected chi connectivity index (χ0v) is 19.8. The van der Waals surface area contributed by atoms with Crippen LogP contribution in [0.3, 0.4) is 0 Å². The van der Waals surface area contributed by atoms with E-state index in [0.717, 1.165) is 18.9 Å². The molecule has 1 unspecified atom stereocenters. The number of guanidine groups is 1. The van der Waals surface area contributed by atoms with Gasteiger partial charge in [-0.1, -0.05) is 26.7 Å². The Morgan fingerprint density at radius 3 is 2.42 bits per heavy atom. The fourth-order valence-corrected chi connectivity index (χ4v) is 3.97. The van der Waals surface area contributed by atoms with Crippen LogP contribution in [-0.2, 0) is 14.8 Å². The molecule has 156 valence electrons. The highest BCUT2D eigenvalue weighted by atomic mass is 127. The minimum absolute atomic E-state index is 0. The Balaban J connectivity index is 0.00000625. The standard InChI is InChI=1S/C17H36N4O3S.HI/c1-5-18-17(20-16(4)8-6-7-15(2)3)19-9-14-25(22,23)21-10-12-24-13-11-21;/h15-16H,5-14H2,1-4H3,(H2,18,19,20);1H. The van der Waals surface area contributed by atoms with Gasteiger partial charge in [-0.2, -0.15) is 4.31 Å². The van der Waals surface area contributed by atoms with Crippen LogP contribution in [0.1, 0.15) is 47.0 Å². The summed E-state index contributed by atoms with van der Waals surface area (Å²) < 4.78 is 31.3. The van der Waals surface area contributed by atoms with Crippen LogP contribution in [0.25, 0.3) is 0 Å². The highest BCUT2D eigenvalue weighted by Crippen LogP contribution is 2.08. The van der Waals surface area contributed by atoms with E-state index >= 15 is 0 Å². The van der Waals surface area contributed by atoms with Crippen LogP contribution >= 0.6 is 24.0 Å². The summed E-state index contributed by atoms with van der Waals surface area (Å²) in [6, 6.07) is 0.312. The highest BCUT2D eigenvalue weighted by molar-refractivity contribution is 14.0. The summed E-state index contributed by atoms with van der Waals surface area (Å²) in [6.45, 7) is 11.4. The molecule has 1 aliphatic rings. The summed E-state index contributed by atoms with van der Waals surface area (Å²) in [5.74, 6) is 1.45. The van der Waals surface area contributed by atoms with Gasteiger partial charge >= 0.3 is 0 Å². The molecule has 9 heteroatoms. The van der Waals surface area contributed by atoms with Crippen LogP contribution in [-0.4, -0.2) is 69.9 Å². The lowest BCUT2D eigenvalue weighted by molar-refractivity contribution is 0.0731. The van der Waals surface area contributed by atoms with Crippen LogP contribution in [0.5, 0.6) is 0 Å². The number of nitrogens with zero attached hydrogens (tertiary/aromatic N) is 2. The van der Waals surface area contributed by atoms with Crippen molar-refractivity contribution in [3.63, 3.8) is 0 Å². The first-order chi connectivity index (χ1) is 11.8. The van der Waals surface area contributed by atoms with Crippen molar-refractivity contribution in [3.05, 3.63) is 0 Å². The summed E-state index contributed by atoms with van der Waals surface area (Å²) in [5, 5.41) is 6.56. The fraction of sp³-hybridized carbons (Fsp3) is 0.941. The van der Waals surface area contributed by atoms with Gasteiger partial charge in [0.05, 0.1) is 25.5 Å². The second kappa shape index (κ2) is 14.0. The first kappa shape index (κ1) is 25.9. The van der Waals surface area contributed by atoms with Crippen molar-refractivity contribution in [3.8, 4) is 0 Å². The predicted octanol–water partition coefficient (Wildman–Crippen LogP) is 2.04. The minimum Gasteiger partial charge on any atom is -0.379 e. The molecule has 1 fully saturated rings. The first-order valence-electron chi connectivity index (χ1n) is 9.45. The number of ether oxygens (including phenoxy) is 1. The minimum atomic E-state index is -3.26. The fourth-order valence-electron chi connectivity index (χ4n) is 2.68. The van der Waals surface area contributed by atoms with Crippen LogP contribution in [0.2, 0.25) is 0 Å². The molecule has 2 N–H and O–H groups in total. The van der Waals surface area contributed by atoms with Crippen molar-refractivity contribution in [2.24, 2.45) is 10.9 Å². The van der Waals surface area contributed by atoms with Crippen LogP contribution in [0.15, 0.2) is 4.99 Å². The van der Waals surface area contributed by atoms with Gasteiger partial charge < -0.3 is 15.4 Å². The Labute approximate surface area is 176 Å². The Kier molecular flexibility index (Phi) is 13.9. The largest absolute Gasteiger partial charge is 0.379 e. The smallest absolute Gasteiger partial charge is 0.216 e. The third-order valence-electron chi connectivity index (χ3n) is 4.13. The normalized spacial score (nSPS) is 17.7. The molecular weight excluding hydrogens is 467 g/mol. The van der Waals surface area contributed by atoms with Gasteiger partial charge in [0.25, 0.3) is 0 Å². The van der Waals surface area contributed by atoms with Crippen molar-refractivity contribution in [1.29, 1.82) is 0 Å². The molecule has 7 nitrogen and oxygen atoms in total. The summed E-state index contributed by atoms with van der Waals surface area (Å²) in [7, 11) is -3.26. The maximum atomic E-state index is 12.3. The molecule has 1 saturated heterocycles. The van der Waals surface area contributed by atoms with Crippen molar-refractivity contribution < 1.29 is 13.2 Å². The number of nitrogens with one attached hydrogen (secondary N) is 2. The van der Waals surface area contributed by atoms with Crippen molar-refractivity contribution >= 4 is 40.0 Å². The van der Waals surface area contributed by atoms with E-state index in [2.05, 4.69) is 36.4 Å². The second-order valence-corrected chi connectivity index (χ2v) is 9.05. The molecule has 1 aliphatic heterocycles. The lowest BCUT2D eigenvalue weighted by atomic mass is 10.0. The molecule has 26 heavy (non-hydrogen) atoms. The second-order valence-electron chi connectivity index (χ2n) is 6.96. The van der Waals surface area contributed by atoms with Crippen molar-refractivity contribution in [2.45, 2.75) is 53.0 Å². The molecule has 0 bridgehead atoms. The Hall–Kier alpha value is -0.130. The number of hydrogen-bond acceptors (Lipinski definition) is 4. The van der Waals surface area contributed by atoms with E-state index < -0.39 is 10.0 Å². The molecule has 0 aromatic carbocycles. The van der Waals surface area contributed by atoms with Crippen LogP contribution in [0, 0.1) is 5.92 Å². The first-order valence-corrected chi connectivity index (χ1v) is 11.1. The topological polar surface area (TPSA) is 83.0 Å². The van der Waals surface area contributed by atoms with Gasteiger partial charge in [-0.15, -0.1) is 24.0 Å². The van der Waals surface area contributed by atoms with Crippen molar-refractivity contribution in [1.82, 2.24) is 14.9 Å². The third kappa shape index (κ3) is 10.9. The molecule has 1 heterocycles. The maximum Gasteiger partial charge on any atom is 0.216 e. The predicted molar refractivity (Wildman–Crippen MR) is 119 cm³/mol. The average Bonchev–Trinajstić information content (AvgIpc) is 2.55. The van der Waals surface area contributed by atoms with Gasteiger partial charge in [-0.25, -0.2) is 8.42 Å². The van der Waals surface area contributed by atoms with E-state index in [9.17, 15) is 8.42 Å². The van der Waals surface area contributed by atoms with Crippen molar-refractivity contribution in [2.75, 3.05) is 45.1 Å². The van der Waals surface area contributed by atoms with Gasteiger partial charge in [-0.3, -0.25) is 4.99 Å². The van der Waals surface area contributed by atoms with E-state index in [-0.39, 0.29) is 36.3 Å². The number of halogens is 1. The molecule has 1 rings (SSSR count). The van der Waals surface area contributed by atoms with Crippen LogP contribution in [0.4, 0.5) is 0 Å². The number of aliphatic imine (C=N–C) groups is 1. The van der Waals surface area contributed by atoms with E-state index in [1.165, 1.54) is 17.1 Å². The SMILES string of the molecule is CCNC(=NCCS(=O)(=O)N1CCOCC1)NC(C)CCCC(C)C.I. The number of hydrogen-bond donors (Lipinski definition) is 2. The Bertz CT molecular complexity index is 494. The number of rotatable bonds is 10. The van der Waals surface area contributed by atoms with Gasteiger partial charge in [-0.05, 0) is 26.2 Å². The van der Waals surface area contributed by atoms with Crippen LogP contribution < -0.4 is 10.6 Å².